The molecule has 0 N–H and O–H groups in total. The summed E-state index contributed by atoms with van der Waals surface area (Å²) in [6.45, 7) is 3.84. The van der Waals surface area contributed by atoms with Gasteiger partial charge in [0, 0.05) is 5.02 Å². The van der Waals surface area contributed by atoms with Crippen molar-refractivity contribution in [2.75, 3.05) is 4.90 Å². The fraction of sp³-hybridized carbons (Fsp3) is 0.222. The molecule has 0 aliphatic carbocycles. The third kappa shape index (κ3) is 2.88. The monoisotopic (exact) mass is 326 g/mol. The second kappa shape index (κ2) is 5.60. The molecule has 3 rings (SSSR count). The number of rotatable bonds is 2. The molecule has 0 atom stereocenters. The van der Waals surface area contributed by atoms with E-state index in [-0.39, 0.29) is 5.91 Å². The number of hydrogen-bond acceptors (Lipinski definition) is 3. The first kappa shape index (κ1) is 15.4. The molecule has 0 bridgehead atoms. The van der Waals surface area contributed by atoms with Gasteiger partial charge < -0.3 is 9.64 Å². The van der Waals surface area contributed by atoms with E-state index in [0.29, 0.717) is 28.6 Å². The quantitative estimate of drug-likeness (QED) is 0.840. The third-order valence-electron chi connectivity index (χ3n) is 3.73. The van der Waals surface area contributed by atoms with Gasteiger partial charge >= 0.3 is 0 Å². The first-order valence-electron chi connectivity index (χ1n) is 7.20. The number of halogens is 1. The topological polar surface area (TPSA) is 53.3 Å². The molecule has 1 amide bonds. The number of nitrogens with zero attached hydrogens (tertiary/aromatic N) is 2. The van der Waals surface area contributed by atoms with Crippen molar-refractivity contribution < 1.29 is 9.53 Å². The summed E-state index contributed by atoms with van der Waals surface area (Å²) in [6, 6.07) is 14.5. The molecule has 1 aliphatic heterocycles. The summed E-state index contributed by atoms with van der Waals surface area (Å²) < 4.78 is 5.80. The Labute approximate surface area is 139 Å². The Hall–Kier alpha value is -2.51. The van der Waals surface area contributed by atoms with Crippen molar-refractivity contribution in [3.05, 3.63) is 58.6 Å². The number of anilines is 1. The van der Waals surface area contributed by atoms with Crippen LogP contribution in [-0.2, 0) is 11.3 Å². The van der Waals surface area contributed by atoms with E-state index in [1.165, 1.54) is 0 Å². The first-order chi connectivity index (χ1) is 10.9. The number of nitriles is 1. The molecule has 0 saturated heterocycles. The Bertz CT molecular complexity index is 824. The first-order valence-corrected chi connectivity index (χ1v) is 7.58. The van der Waals surface area contributed by atoms with E-state index in [1.807, 2.05) is 12.1 Å². The lowest BCUT2D eigenvalue weighted by Gasteiger charge is -2.39. The Morgan fingerprint density at radius 2 is 2.04 bits per heavy atom. The van der Waals surface area contributed by atoms with Gasteiger partial charge in [0.1, 0.15) is 5.75 Å². The predicted molar refractivity (Wildman–Crippen MR) is 88.5 cm³/mol. The lowest BCUT2D eigenvalue weighted by atomic mass is 10.0. The van der Waals surface area contributed by atoms with Crippen LogP contribution in [0.25, 0.3) is 0 Å². The molecule has 0 saturated carbocycles. The normalized spacial score (nSPS) is 15.6. The zero-order valence-corrected chi connectivity index (χ0v) is 13.6. The SMILES string of the molecule is CC1(C)Oc2ccc(Cl)cc2N(Cc2cccc(C#N)c2)C1=O. The highest BCUT2D eigenvalue weighted by Crippen LogP contribution is 2.40. The van der Waals surface area contributed by atoms with Crippen LogP contribution in [0.3, 0.4) is 0 Å². The summed E-state index contributed by atoms with van der Waals surface area (Å²) in [5.41, 5.74) is 1.13. The average Bonchev–Trinajstić information content (AvgIpc) is 2.53. The van der Waals surface area contributed by atoms with E-state index in [4.69, 9.17) is 21.6 Å². The van der Waals surface area contributed by atoms with Crippen molar-refractivity contribution in [2.45, 2.75) is 26.0 Å². The van der Waals surface area contributed by atoms with E-state index < -0.39 is 5.60 Å². The van der Waals surface area contributed by atoms with Crippen LogP contribution in [-0.4, -0.2) is 11.5 Å². The van der Waals surface area contributed by atoms with Gasteiger partial charge in [0.15, 0.2) is 5.60 Å². The smallest absolute Gasteiger partial charge is 0.271 e. The number of hydrogen-bond donors (Lipinski definition) is 0. The van der Waals surface area contributed by atoms with Gasteiger partial charge in [-0.05, 0) is 49.7 Å². The molecule has 2 aromatic rings. The maximum absolute atomic E-state index is 12.8. The van der Waals surface area contributed by atoms with Crippen molar-refractivity contribution in [2.24, 2.45) is 0 Å². The Balaban J connectivity index is 2.04. The number of ether oxygens (including phenoxy) is 1. The van der Waals surface area contributed by atoms with E-state index >= 15 is 0 Å². The van der Waals surface area contributed by atoms with E-state index in [1.54, 1.807) is 49.1 Å². The number of carbonyl (C=O) groups excluding carboxylic acids is 1. The molecule has 2 aromatic carbocycles. The van der Waals surface area contributed by atoms with Crippen LogP contribution in [0, 0.1) is 11.3 Å². The molecule has 1 heterocycles. The molecule has 0 spiro atoms. The summed E-state index contributed by atoms with van der Waals surface area (Å²) in [4.78, 5) is 14.4. The van der Waals surface area contributed by atoms with Crippen LogP contribution in [0.15, 0.2) is 42.5 Å². The highest BCUT2D eigenvalue weighted by molar-refractivity contribution is 6.31. The van der Waals surface area contributed by atoms with Gasteiger partial charge in [-0.25, -0.2) is 0 Å². The van der Waals surface area contributed by atoms with Crippen molar-refractivity contribution >= 4 is 23.2 Å². The summed E-state index contributed by atoms with van der Waals surface area (Å²) in [7, 11) is 0. The minimum absolute atomic E-state index is 0.144. The highest BCUT2D eigenvalue weighted by Gasteiger charge is 2.40. The number of amides is 1. The second-order valence-corrected chi connectivity index (χ2v) is 6.36. The lowest BCUT2D eigenvalue weighted by Crippen LogP contribution is -2.52. The summed E-state index contributed by atoms with van der Waals surface area (Å²) in [5.74, 6) is 0.477. The van der Waals surface area contributed by atoms with Crippen LogP contribution in [0.5, 0.6) is 5.75 Å². The van der Waals surface area contributed by atoms with Crippen LogP contribution in [0.2, 0.25) is 5.02 Å². The van der Waals surface area contributed by atoms with Gasteiger partial charge in [-0.3, -0.25) is 4.79 Å². The molecule has 5 heteroatoms. The molecule has 0 radical (unpaired) electrons. The summed E-state index contributed by atoms with van der Waals surface area (Å²) in [5, 5.41) is 9.57. The van der Waals surface area contributed by atoms with Gasteiger partial charge in [-0.1, -0.05) is 23.7 Å². The molecular formula is C18H15ClN2O2. The van der Waals surface area contributed by atoms with Crippen molar-refractivity contribution in [1.29, 1.82) is 5.26 Å². The van der Waals surface area contributed by atoms with Crippen LogP contribution in [0.4, 0.5) is 5.69 Å². The Kier molecular flexibility index (Phi) is 3.75. The van der Waals surface area contributed by atoms with Crippen molar-refractivity contribution in [1.82, 2.24) is 0 Å². The van der Waals surface area contributed by atoms with Gasteiger partial charge in [0.2, 0.25) is 0 Å². The van der Waals surface area contributed by atoms with Gasteiger partial charge in [-0.2, -0.15) is 5.26 Å². The standard InChI is InChI=1S/C18H15ClN2O2/c1-18(2)17(22)21(11-13-5-3-4-12(8-13)10-20)15-9-14(19)6-7-16(15)23-18/h3-9H,11H2,1-2H3. The van der Waals surface area contributed by atoms with Gasteiger partial charge in [0.05, 0.1) is 23.9 Å². The number of benzene rings is 2. The molecule has 116 valence electrons. The molecule has 1 aliphatic rings. The maximum atomic E-state index is 12.8. The Morgan fingerprint density at radius 3 is 2.78 bits per heavy atom. The van der Waals surface area contributed by atoms with Crippen molar-refractivity contribution in [3.63, 3.8) is 0 Å². The summed E-state index contributed by atoms with van der Waals surface area (Å²) >= 11 is 6.07. The van der Waals surface area contributed by atoms with Crippen LogP contribution >= 0.6 is 11.6 Å². The van der Waals surface area contributed by atoms with Crippen LogP contribution in [0.1, 0.15) is 25.0 Å². The van der Waals surface area contributed by atoms with Gasteiger partial charge in [-0.15, -0.1) is 0 Å². The van der Waals surface area contributed by atoms with E-state index in [2.05, 4.69) is 6.07 Å². The average molecular weight is 327 g/mol. The van der Waals surface area contributed by atoms with Crippen LogP contribution < -0.4 is 9.64 Å². The minimum atomic E-state index is -0.951. The lowest BCUT2D eigenvalue weighted by molar-refractivity contribution is -0.132. The summed E-state index contributed by atoms with van der Waals surface area (Å²) in [6.07, 6.45) is 0. The number of carbonyl (C=O) groups is 1. The fourth-order valence-corrected chi connectivity index (χ4v) is 2.79. The maximum Gasteiger partial charge on any atom is 0.271 e. The van der Waals surface area contributed by atoms with E-state index in [0.717, 1.165) is 5.56 Å². The molecule has 23 heavy (non-hydrogen) atoms. The zero-order chi connectivity index (χ0) is 16.6. The minimum Gasteiger partial charge on any atom is -0.476 e. The molecule has 0 aromatic heterocycles. The number of fused-ring (bicyclic) bond motifs is 1. The van der Waals surface area contributed by atoms with Crippen molar-refractivity contribution in [3.8, 4) is 11.8 Å². The molecule has 0 unspecified atom stereocenters. The molecular weight excluding hydrogens is 312 g/mol. The fourth-order valence-electron chi connectivity index (χ4n) is 2.62. The third-order valence-corrected chi connectivity index (χ3v) is 3.97. The molecule has 4 nitrogen and oxygen atoms in total. The molecule has 0 fully saturated rings. The largest absolute Gasteiger partial charge is 0.476 e. The van der Waals surface area contributed by atoms with Gasteiger partial charge in [0.25, 0.3) is 5.91 Å². The zero-order valence-electron chi connectivity index (χ0n) is 12.8. The Morgan fingerprint density at radius 1 is 1.26 bits per heavy atom. The highest BCUT2D eigenvalue weighted by atomic mass is 35.5. The second-order valence-electron chi connectivity index (χ2n) is 5.93. The predicted octanol–water partition coefficient (Wildman–Crippen LogP) is 3.92. The van der Waals surface area contributed by atoms with E-state index in [9.17, 15) is 4.79 Å².